The zero-order valence-corrected chi connectivity index (χ0v) is 19.9. The molecular weight excluding hydrogens is 445 g/mol. The minimum Gasteiger partial charge on any atom is -0.324 e. The van der Waals surface area contributed by atoms with E-state index in [1.165, 1.54) is 11.1 Å². The maximum absolute atomic E-state index is 13.7. The second kappa shape index (κ2) is 8.27. The van der Waals surface area contributed by atoms with Crippen LogP contribution in [0.3, 0.4) is 0 Å². The minimum atomic E-state index is -0.494. The van der Waals surface area contributed by atoms with Gasteiger partial charge >= 0.3 is 0 Å². The van der Waals surface area contributed by atoms with Gasteiger partial charge in [0.25, 0.3) is 5.56 Å². The lowest BCUT2D eigenvalue weighted by Crippen LogP contribution is -2.24. The summed E-state index contributed by atoms with van der Waals surface area (Å²) >= 11 is 0. The molecule has 1 aromatic carbocycles. The summed E-state index contributed by atoms with van der Waals surface area (Å²) in [5, 5.41) is 7.13. The van der Waals surface area contributed by atoms with E-state index in [4.69, 9.17) is 4.98 Å². The van der Waals surface area contributed by atoms with E-state index in [-0.39, 0.29) is 11.6 Å². The smallest absolute Gasteiger partial charge is 0.278 e. The average Bonchev–Trinajstić information content (AvgIpc) is 3.62. The normalized spacial score (nSPS) is 16.5. The molecule has 180 valence electrons. The first-order chi connectivity index (χ1) is 17.0. The van der Waals surface area contributed by atoms with Gasteiger partial charge in [-0.2, -0.15) is 4.98 Å². The fourth-order valence-corrected chi connectivity index (χ4v) is 4.91. The van der Waals surface area contributed by atoms with Gasteiger partial charge in [0.1, 0.15) is 12.1 Å². The number of nitrogens with zero attached hydrogens (tertiary/aromatic N) is 5. The molecule has 1 aliphatic carbocycles. The second-order valence-electron chi connectivity index (χ2n) is 9.83. The Morgan fingerprint density at radius 2 is 2.03 bits per heavy atom. The minimum absolute atomic E-state index is 0.116. The first-order valence-electron chi connectivity index (χ1n) is 12.1. The molecule has 4 heterocycles. The highest BCUT2D eigenvalue weighted by Crippen LogP contribution is 2.47. The quantitative estimate of drug-likeness (QED) is 0.441. The van der Waals surface area contributed by atoms with Gasteiger partial charge in [-0.3, -0.25) is 14.2 Å². The van der Waals surface area contributed by atoms with Crippen molar-refractivity contribution in [1.29, 1.82) is 0 Å². The lowest BCUT2D eigenvalue weighted by Gasteiger charge is -2.18. The van der Waals surface area contributed by atoms with Crippen molar-refractivity contribution in [2.24, 2.45) is 0 Å². The summed E-state index contributed by atoms with van der Waals surface area (Å²) in [4.78, 5) is 27.0. The lowest BCUT2D eigenvalue weighted by atomic mass is 10.0. The summed E-state index contributed by atoms with van der Waals surface area (Å²) in [5.74, 6) is 0.415. The SMILES string of the molecule is CC(C)n1c(=O)c2cnc(Nc3ccc4c(c3)CCNC4)nc2n1-c1ccnc(C2(CF)CC2)c1. The molecule has 9 heteroatoms. The van der Waals surface area contributed by atoms with Crippen molar-refractivity contribution >= 4 is 22.7 Å². The van der Waals surface area contributed by atoms with Crippen LogP contribution in [0.5, 0.6) is 0 Å². The van der Waals surface area contributed by atoms with Crippen molar-refractivity contribution in [2.75, 3.05) is 18.5 Å². The predicted octanol–water partition coefficient (Wildman–Crippen LogP) is 3.95. The number of halogens is 1. The van der Waals surface area contributed by atoms with Gasteiger partial charge in [-0.1, -0.05) is 6.07 Å². The molecule has 0 radical (unpaired) electrons. The second-order valence-corrected chi connectivity index (χ2v) is 9.83. The van der Waals surface area contributed by atoms with Crippen molar-refractivity contribution in [3.05, 3.63) is 69.9 Å². The largest absolute Gasteiger partial charge is 0.324 e. The highest BCUT2D eigenvalue weighted by Gasteiger charge is 2.46. The topological polar surface area (TPSA) is 89.7 Å². The predicted molar refractivity (Wildman–Crippen MR) is 133 cm³/mol. The van der Waals surface area contributed by atoms with Gasteiger partial charge in [-0.15, -0.1) is 0 Å². The van der Waals surface area contributed by atoms with Gasteiger partial charge in [-0.25, -0.2) is 14.3 Å². The van der Waals surface area contributed by atoms with Gasteiger partial charge in [0.15, 0.2) is 5.65 Å². The van der Waals surface area contributed by atoms with Crippen LogP contribution in [-0.4, -0.2) is 37.5 Å². The molecule has 35 heavy (non-hydrogen) atoms. The molecule has 4 aromatic rings. The number of rotatable bonds is 6. The Hall–Kier alpha value is -3.59. The molecule has 8 nitrogen and oxygen atoms in total. The summed E-state index contributed by atoms with van der Waals surface area (Å²) in [7, 11) is 0. The maximum Gasteiger partial charge on any atom is 0.278 e. The van der Waals surface area contributed by atoms with Crippen molar-refractivity contribution < 1.29 is 4.39 Å². The van der Waals surface area contributed by atoms with E-state index in [1.54, 1.807) is 17.1 Å². The van der Waals surface area contributed by atoms with E-state index < -0.39 is 12.1 Å². The number of alkyl halides is 1. The van der Waals surface area contributed by atoms with Crippen LogP contribution in [0.4, 0.5) is 16.0 Å². The number of aromatic nitrogens is 5. The van der Waals surface area contributed by atoms with Crippen molar-refractivity contribution in [2.45, 2.75) is 51.1 Å². The Balaban J connectivity index is 1.45. The van der Waals surface area contributed by atoms with E-state index in [0.29, 0.717) is 17.0 Å². The third-order valence-corrected chi connectivity index (χ3v) is 7.10. The maximum atomic E-state index is 13.7. The van der Waals surface area contributed by atoms with Crippen LogP contribution < -0.4 is 16.2 Å². The zero-order chi connectivity index (χ0) is 24.2. The van der Waals surface area contributed by atoms with Crippen LogP contribution in [-0.2, 0) is 18.4 Å². The molecule has 0 atom stereocenters. The lowest BCUT2D eigenvalue weighted by molar-refractivity contribution is 0.411. The molecule has 1 fully saturated rings. The number of hydrogen-bond donors (Lipinski definition) is 2. The summed E-state index contributed by atoms with van der Waals surface area (Å²) in [5.41, 5.74) is 4.83. The van der Waals surface area contributed by atoms with E-state index in [1.807, 2.05) is 36.7 Å². The number of pyridine rings is 1. The van der Waals surface area contributed by atoms with Crippen LogP contribution >= 0.6 is 0 Å². The molecule has 0 unspecified atom stereocenters. The summed E-state index contributed by atoms with van der Waals surface area (Å²) in [6.45, 7) is 5.32. The first kappa shape index (κ1) is 21.9. The molecule has 1 aliphatic heterocycles. The molecule has 3 aromatic heterocycles. The number of fused-ring (bicyclic) bond motifs is 2. The van der Waals surface area contributed by atoms with Crippen LogP contribution in [0.25, 0.3) is 16.7 Å². The fraction of sp³-hybridized carbons (Fsp3) is 0.385. The Bertz CT molecular complexity index is 1490. The molecule has 6 rings (SSSR count). The van der Waals surface area contributed by atoms with E-state index in [9.17, 15) is 9.18 Å². The van der Waals surface area contributed by atoms with Crippen LogP contribution in [0, 0.1) is 0 Å². The number of hydrogen-bond acceptors (Lipinski definition) is 6. The molecule has 2 aliphatic rings. The molecule has 0 spiro atoms. The van der Waals surface area contributed by atoms with Gasteiger partial charge in [0.05, 0.1) is 11.4 Å². The van der Waals surface area contributed by atoms with Gasteiger partial charge < -0.3 is 10.6 Å². The molecule has 1 saturated carbocycles. The van der Waals surface area contributed by atoms with Crippen LogP contribution in [0.2, 0.25) is 0 Å². The molecule has 0 bridgehead atoms. The third-order valence-electron chi connectivity index (χ3n) is 7.10. The van der Waals surface area contributed by atoms with Crippen LogP contribution in [0.15, 0.2) is 47.5 Å². The molecule has 0 saturated heterocycles. The molecular formula is C26H28FN7O. The van der Waals surface area contributed by atoms with Crippen molar-refractivity contribution in [1.82, 2.24) is 29.6 Å². The number of nitrogens with one attached hydrogen (secondary N) is 2. The summed E-state index contributed by atoms with van der Waals surface area (Å²) in [6.07, 6.45) is 5.82. The van der Waals surface area contributed by atoms with Gasteiger partial charge in [0, 0.05) is 36.1 Å². The summed E-state index contributed by atoms with van der Waals surface area (Å²) < 4.78 is 17.2. The van der Waals surface area contributed by atoms with Crippen molar-refractivity contribution in [3.63, 3.8) is 0 Å². The van der Waals surface area contributed by atoms with Crippen molar-refractivity contribution in [3.8, 4) is 5.69 Å². The fourth-order valence-electron chi connectivity index (χ4n) is 4.91. The molecule has 0 amide bonds. The third kappa shape index (κ3) is 3.70. The van der Waals surface area contributed by atoms with Gasteiger partial charge in [0.2, 0.25) is 5.95 Å². The highest BCUT2D eigenvalue weighted by atomic mass is 19.1. The standard InChI is InChI=1S/C26H28FN7O/c1-16(2)33-24(35)21-14-30-25(31-19-4-3-18-13-28-9-5-17(18)11-19)32-23(21)34(33)20-6-10-29-22(12-20)26(15-27)7-8-26/h3-4,6,10-12,14,16,28H,5,7-9,13,15H2,1-2H3,(H,30,31,32). The van der Waals surface area contributed by atoms with Gasteiger partial charge in [-0.05, 0) is 75.0 Å². The Labute approximate surface area is 202 Å². The van der Waals surface area contributed by atoms with Crippen LogP contribution in [0.1, 0.15) is 49.6 Å². The Morgan fingerprint density at radius 1 is 1.17 bits per heavy atom. The molecule has 2 N–H and O–H groups in total. The van der Waals surface area contributed by atoms with E-state index in [0.717, 1.165) is 49.4 Å². The Kier molecular flexibility index (Phi) is 5.17. The average molecular weight is 474 g/mol. The first-order valence-corrected chi connectivity index (χ1v) is 12.1. The zero-order valence-electron chi connectivity index (χ0n) is 19.9. The van der Waals surface area contributed by atoms with E-state index >= 15 is 0 Å². The number of anilines is 2. The Morgan fingerprint density at radius 3 is 2.80 bits per heavy atom. The summed E-state index contributed by atoms with van der Waals surface area (Å²) in [6, 6.07) is 9.88. The number of benzene rings is 1. The van der Waals surface area contributed by atoms with E-state index in [2.05, 4.69) is 32.7 Å². The monoisotopic (exact) mass is 473 g/mol. The highest BCUT2D eigenvalue weighted by molar-refractivity contribution is 5.77.